The third kappa shape index (κ3) is 5.85. The summed E-state index contributed by atoms with van der Waals surface area (Å²) < 4.78 is 23.3. The van der Waals surface area contributed by atoms with Gasteiger partial charge in [-0.05, 0) is 45.3 Å². The number of rotatable bonds is 8. The molecular weight excluding hydrogens is 222 g/mol. The van der Waals surface area contributed by atoms with Crippen molar-refractivity contribution < 1.29 is 8.42 Å². The molecule has 0 radical (unpaired) electrons. The quantitative estimate of drug-likeness (QED) is 0.616. The molecule has 0 atom stereocenters. The second kappa shape index (κ2) is 7.28. The monoisotopic (exact) mass is 247 g/mol. The van der Waals surface area contributed by atoms with E-state index in [1.54, 1.807) is 0 Å². The van der Waals surface area contributed by atoms with Crippen molar-refractivity contribution in [2.75, 3.05) is 31.1 Å². The third-order valence-electron chi connectivity index (χ3n) is 3.19. The summed E-state index contributed by atoms with van der Waals surface area (Å²) in [6.45, 7) is 5.39. The standard InChI is InChI=1S/C12H25NO2S/c1-2-3-6-11-16(14,15)12-7-10-13-8-4-5-9-13/h2-12H2,1H3. The highest BCUT2D eigenvalue weighted by Crippen LogP contribution is 2.08. The molecule has 0 spiro atoms. The van der Waals surface area contributed by atoms with E-state index in [4.69, 9.17) is 0 Å². The lowest BCUT2D eigenvalue weighted by Gasteiger charge is -2.13. The van der Waals surface area contributed by atoms with E-state index in [0.717, 1.165) is 45.3 Å². The van der Waals surface area contributed by atoms with Crippen molar-refractivity contribution in [2.24, 2.45) is 0 Å². The smallest absolute Gasteiger partial charge is 0.150 e. The highest BCUT2D eigenvalue weighted by molar-refractivity contribution is 7.91. The lowest BCUT2D eigenvalue weighted by Crippen LogP contribution is -2.23. The van der Waals surface area contributed by atoms with E-state index >= 15 is 0 Å². The maximum absolute atomic E-state index is 11.7. The Kier molecular flexibility index (Phi) is 6.36. The topological polar surface area (TPSA) is 37.4 Å². The van der Waals surface area contributed by atoms with Gasteiger partial charge in [0.25, 0.3) is 0 Å². The van der Waals surface area contributed by atoms with E-state index < -0.39 is 9.84 Å². The highest BCUT2D eigenvalue weighted by atomic mass is 32.2. The fourth-order valence-corrected chi connectivity index (χ4v) is 3.61. The van der Waals surface area contributed by atoms with Gasteiger partial charge in [0, 0.05) is 0 Å². The minimum absolute atomic E-state index is 0.382. The first-order valence-corrected chi connectivity index (χ1v) is 8.39. The average molecular weight is 247 g/mol. The first-order chi connectivity index (χ1) is 7.64. The number of likely N-dealkylation sites (tertiary alicyclic amines) is 1. The van der Waals surface area contributed by atoms with Crippen LogP contribution in [-0.2, 0) is 9.84 Å². The van der Waals surface area contributed by atoms with Crippen molar-refractivity contribution >= 4 is 9.84 Å². The van der Waals surface area contributed by atoms with Crippen LogP contribution >= 0.6 is 0 Å². The number of hydrogen-bond acceptors (Lipinski definition) is 3. The van der Waals surface area contributed by atoms with Gasteiger partial charge in [-0.2, -0.15) is 0 Å². The normalized spacial score (nSPS) is 18.1. The number of unbranched alkanes of at least 4 members (excludes halogenated alkanes) is 2. The van der Waals surface area contributed by atoms with Crippen molar-refractivity contribution in [2.45, 2.75) is 45.4 Å². The molecule has 1 fully saturated rings. The predicted octanol–water partition coefficient (Wildman–Crippen LogP) is 2.08. The number of sulfone groups is 1. The van der Waals surface area contributed by atoms with Crippen LogP contribution in [0.3, 0.4) is 0 Å². The largest absolute Gasteiger partial charge is 0.303 e. The van der Waals surface area contributed by atoms with Crippen molar-refractivity contribution in [3.63, 3.8) is 0 Å². The van der Waals surface area contributed by atoms with Gasteiger partial charge >= 0.3 is 0 Å². The molecule has 1 saturated heterocycles. The zero-order valence-electron chi connectivity index (χ0n) is 10.5. The Bertz CT molecular complexity index is 269. The van der Waals surface area contributed by atoms with Gasteiger partial charge in [0.15, 0.2) is 0 Å². The fourth-order valence-electron chi connectivity index (χ4n) is 2.19. The number of nitrogens with zero attached hydrogens (tertiary/aromatic N) is 1. The van der Waals surface area contributed by atoms with E-state index in [9.17, 15) is 8.42 Å². The van der Waals surface area contributed by atoms with Gasteiger partial charge in [-0.3, -0.25) is 0 Å². The molecule has 96 valence electrons. The Morgan fingerprint density at radius 2 is 1.62 bits per heavy atom. The maximum atomic E-state index is 11.7. The molecular formula is C12H25NO2S. The summed E-state index contributed by atoms with van der Waals surface area (Å²) in [7, 11) is -2.77. The Balaban J connectivity index is 2.09. The molecule has 0 aromatic carbocycles. The maximum Gasteiger partial charge on any atom is 0.150 e. The van der Waals surface area contributed by atoms with Crippen molar-refractivity contribution in [1.29, 1.82) is 0 Å². The molecule has 0 bridgehead atoms. The molecule has 4 heteroatoms. The summed E-state index contributed by atoms with van der Waals surface area (Å²) in [5, 5.41) is 0. The van der Waals surface area contributed by atoms with Gasteiger partial charge < -0.3 is 4.90 Å². The van der Waals surface area contributed by atoms with Crippen molar-refractivity contribution in [3.05, 3.63) is 0 Å². The minimum atomic E-state index is -2.77. The first-order valence-electron chi connectivity index (χ1n) is 6.57. The molecule has 0 aromatic rings. The van der Waals surface area contributed by atoms with Gasteiger partial charge in [-0.1, -0.05) is 19.8 Å². The Hall–Kier alpha value is -0.0900. The summed E-state index contributed by atoms with van der Waals surface area (Å²) in [5.74, 6) is 0.772. The zero-order chi connectivity index (χ0) is 11.9. The van der Waals surface area contributed by atoms with E-state index in [1.165, 1.54) is 12.8 Å². The summed E-state index contributed by atoms with van der Waals surface area (Å²) in [6, 6.07) is 0. The van der Waals surface area contributed by atoms with Gasteiger partial charge in [-0.25, -0.2) is 8.42 Å². The van der Waals surface area contributed by atoms with Crippen LogP contribution in [0.4, 0.5) is 0 Å². The third-order valence-corrected chi connectivity index (χ3v) is 5.01. The van der Waals surface area contributed by atoms with Crippen LogP contribution in [0.15, 0.2) is 0 Å². The van der Waals surface area contributed by atoms with Gasteiger partial charge in [0.1, 0.15) is 9.84 Å². The second-order valence-electron chi connectivity index (χ2n) is 4.76. The highest BCUT2D eigenvalue weighted by Gasteiger charge is 2.14. The Labute approximate surface area is 100 Å². The van der Waals surface area contributed by atoms with Crippen LogP contribution in [0.2, 0.25) is 0 Å². The molecule has 0 unspecified atom stereocenters. The van der Waals surface area contributed by atoms with Gasteiger partial charge in [0.05, 0.1) is 11.5 Å². The predicted molar refractivity (Wildman–Crippen MR) is 68.5 cm³/mol. The lowest BCUT2D eigenvalue weighted by molar-refractivity contribution is 0.340. The van der Waals surface area contributed by atoms with Crippen molar-refractivity contribution in [3.8, 4) is 0 Å². The molecule has 0 saturated carbocycles. The van der Waals surface area contributed by atoms with Crippen LogP contribution in [0, 0.1) is 0 Å². The molecule has 0 aliphatic carbocycles. The summed E-state index contributed by atoms with van der Waals surface area (Å²) in [4.78, 5) is 2.38. The molecule has 1 aliphatic heterocycles. The molecule has 0 N–H and O–H groups in total. The first kappa shape index (κ1) is 14.0. The van der Waals surface area contributed by atoms with Crippen LogP contribution in [0.5, 0.6) is 0 Å². The van der Waals surface area contributed by atoms with Gasteiger partial charge in [0.2, 0.25) is 0 Å². The lowest BCUT2D eigenvalue weighted by atomic mass is 10.3. The minimum Gasteiger partial charge on any atom is -0.303 e. The number of hydrogen-bond donors (Lipinski definition) is 0. The summed E-state index contributed by atoms with van der Waals surface area (Å²) in [6.07, 6.45) is 6.33. The van der Waals surface area contributed by atoms with E-state index in [0.29, 0.717) is 11.5 Å². The fraction of sp³-hybridized carbons (Fsp3) is 1.00. The van der Waals surface area contributed by atoms with E-state index in [2.05, 4.69) is 11.8 Å². The van der Waals surface area contributed by atoms with Crippen LogP contribution in [0.1, 0.15) is 45.4 Å². The second-order valence-corrected chi connectivity index (χ2v) is 7.06. The SMILES string of the molecule is CCCCCS(=O)(=O)CCCN1CCCC1. The molecule has 0 amide bonds. The average Bonchev–Trinajstić information content (AvgIpc) is 2.70. The molecule has 1 aliphatic rings. The van der Waals surface area contributed by atoms with Crippen LogP contribution < -0.4 is 0 Å². The Morgan fingerprint density at radius 3 is 2.25 bits per heavy atom. The van der Waals surface area contributed by atoms with Crippen LogP contribution in [-0.4, -0.2) is 44.5 Å². The summed E-state index contributed by atoms with van der Waals surface area (Å²) in [5.41, 5.74) is 0. The van der Waals surface area contributed by atoms with Gasteiger partial charge in [-0.15, -0.1) is 0 Å². The molecule has 1 heterocycles. The molecule has 1 rings (SSSR count). The van der Waals surface area contributed by atoms with E-state index in [1.807, 2.05) is 0 Å². The zero-order valence-corrected chi connectivity index (χ0v) is 11.3. The van der Waals surface area contributed by atoms with E-state index in [-0.39, 0.29) is 0 Å². The van der Waals surface area contributed by atoms with Crippen molar-refractivity contribution in [1.82, 2.24) is 4.90 Å². The van der Waals surface area contributed by atoms with Crippen LogP contribution in [0.25, 0.3) is 0 Å². The summed E-state index contributed by atoms with van der Waals surface area (Å²) >= 11 is 0. The molecule has 0 aromatic heterocycles. The molecule has 16 heavy (non-hydrogen) atoms. The molecule has 3 nitrogen and oxygen atoms in total. The Morgan fingerprint density at radius 1 is 1.00 bits per heavy atom.